The van der Waals surface area contributed by atoms with E-state index in [0.717, 1.165) is 36.5 Å². The van der Waals surface area contributed by atoms with Crippen LogP contribution < -0.4 is 11.1 Å². The lowest BCUT2D eigenvalue weighted by Crippen LogP contribution is -2.04. The highest BCUT2D eigenvalue weighted by molar-refractivity contribution is 5.56. The second-order valence-electron chi connectivity index (χ2n) is 4.68. The second kappa shape index (κ2) is 5.58. The molecular formula is C14H20N4. The van der Waals surface area contributed by atoms with Crippen molar-refractivity contribution in [3.8, 4) is 0 Å². The molecule has 4 N–H and O–H groups in total. The molecule has 0 unspecified atom stereocenters. The minimum Gasteiger partial charge on any atom is -0.399 e. The van der Waals surface area contributed by atoms with Gasteiger partial charge in [-0.15, -0.1) is 0 Å². The van der Waals surface area contributed by atoms with E-state index >= 15 is 0 Å². The van der Waals surface area contributed by atoms with E-state index in [4.69, 9.17) is 5.73 Å². The first kappa shape index (κ1) is 12.5. The standard InChI is InChI=1S/C14H20N4/c1-10-6-13(15)8-14(7-10)16-5-3-4-12-9-17-18-11(12)2/h6-9,16H,3-5,15H2,1-2H3,(H,17,18). The minimum absolute atomic E-state index is 0.808. The highest BCUT2D eigenvalue weighted by atomic mass is 15.1. The Kier molecular flexibility index (Phi) is 3.87. The van der Waals surface area contributed by atoms with E-state index in [1.807, 2.05) is 18.3 Å². The quantitative estimate of drug-likeness (QED) is 0.559. The molecule has 2 aromatic rings. The average Bonchev–Trinajstić information content (AvgIpc) is 2.69. The molecule has 96 valence electrons. The third-order valence-corrected chi connectivity index (χ3v) is 2.99. The third-order valence-electron chi connectivity index (χ3n) is 2.99. The summed E-state index contributed by atoms with van der Waals surface area (Å²) in [6.45, 7) is 5.04. The molecule has 1 heterocycles. The van der Waals surface area contributed by atoms with Gasteiger partial charge in [-0.1, -0.05) is 0 Å². The van der Waals surface area contributed by atoms with Crippen molar-refractivity contribution >= 4 is 11.4 Å². The Hall–Kier alpha value is -1.97. The van der Waals surface area contributed by atoms with Crippen molar-refractivity contribution in [2.24, 2.45) is 0 Å². The predicted molar refractivity (Wildman–Crippen MR) is 75.7 cm³/mol. The zero-order valence-electron chi connectivity index (χ0n) is 11.0. The van der Waals surface area contributed by atoms with E-state index < -0.39 is 0 Å². The monoisotopic (exact) mass is 244 g/mol. The van der Waals surface area contributed by atoms with Crippen LogP contribution in [0, 0.1) is 13.8 Å². The molecule has 0 aliphatic carbocycles. The van der Waals surface area contributed by atoms with Crippen molar-refractivity contribution < 1.29 is 0 Å². The number of rotatable bonds is 5. The summed E-state index contributed by atoms with van der Waals surface area (Å²) in [4.78, 5) is 0. The van der Waals surface area contributed by atoms with Crippen molar-refractivity contribution in [3.05, 3.63) is 41.2 Å². The molecule has 4 heteroatoms. The summed E-state index contributed by atoms with van der Waals surface area (Å²) in [6, 6.07) is 6.05. The van der Waals surface area contributed by atoms with Gasteiger partial charge in [-0.05, 0) is 56.0 Å². The predicted octanol–water partition coefficient (Wildman–Crippen LogP) is 2.65. The first-order valence-corrected chi connectivity index (χ1v) is 6.25. The van der Waals surface area contributed by atoms with Crippen LogP contribution in [0.3, 0.4) is 0 Å². The first-order chi connectivity index (χ1) is 8.65. The van der Waals surface area contributed by atoms with Gasteiger partial charge in [0.1, 0.15) is 0 Å². The van der Waals surface area contributed by atoms with Crippen molar-refractivity contribution in [2.45, 2.75) is 26.7 Å². The van der Waals surface area contributed by atoms with Crippen LogP contribution in [0.4, 0.5) is 11.4 Å². The molecule has 0 aliphatic heterocycles. The number of anilines is 2. The van der Waals surface area contributed by atoms with Crippen molar-refractivity contribution in [1.29, 1.82) is 0 Å². The number of H-pyrrole nitrogens is 1. The molecule has 0 amide bonds. The Bertz CT molecular complexity index is 496. The molecule has 0 bridgehead atoms. The van der Waals surface area contributed by atoms with Crippen molar-refractivity contribution in [1.82, 2.24) is 10.2 Å². The number of hydrogen-bond donors (Lipinski definition) is 3. The summed E-state index contributed by atoms with van der Waals surface area (Å²) in [6.07, 6.45) is 4.02. The van der Waals surface area contributed by atoms with E-state index in [0.29, 0.717) is 0 Å². The Morgan fingerprint density at radius 2 is 2.11 bits per heavy atom. The van der Waals surface area contributed by atoms with E-state index in [-0.39, 0.29) is 0 Å². The van der Waals surface area contributed by atoms with Crippen LogP contribution in [0.5, 0.6) is 0 Å². The number of aromatic amines is 1. The normalized spacial score (nSPS) is 10.6. The highest BCUT2D eigenvalue weighted by Crippen LogP contribution is 2.16. The SMILES string of the molecule is Cc1cc(N)cc(NCCCc2cn[nH]c2C)c1. The largest absolute Gasteiger partial charge is 0.399 e. The van der Waals surface area contributed by atoms with Gasteiger partial charge in [0, 0.05) is 23.6 Å². The maximum Gasteiger partial charge on any atom is 0.0522 e. The summed E-state index contributed by atoms with van der Waals surface area (Å²) in [5.41, 5.74) is 11.3. The van der Waals surface area contributed by atoms with Crippen LogP contribution in [0.15, 0.2) is 24.4 Å². The van der Waals surface area contributed by atoms with Gasteiger partial charge in [0.05, 0.1) is 6.20 Å². The molecule has 0 fully saturated rings. The topological polar surface area (TPSA) is 66.7 Å². The van der Waals surface area contributed by atoms with Gasteiger partial charge in [-0.25, -0.2) is 0 Å². The van der Waals surface area contributed by atoms with Gasteiger partial charge in [0.15, 0.2) is 0 Å². The molecule has 2 rings (SSSR count). The number of nitrogens with zero attached hydrogens (tertiary/aromatic N) is 1. The Labute approximate surface area is 108 Å². The number of nitrogens with two attached hydrogens (primary N) is 1. The fraction of sp³-hybridized carbons (Fsp3) is 0.357. The molecular weight excluding hydrogens is 224 g/mol. The molecule has 4 nitrogen and oxygen atoms in total. The Balaban J connectivity index is 1.80. The minimum atomic E-state index is 0.808. The smallest absolute Gasteiger partial charge is 0.0522 e. The maximum atomic E-state index is 5.81. The lowest BCUT2D eigenvalue weighted by atomic mass is 10.1. The van der Waals surface area contributed by atoms with E-state index in [2.05, 4.69) is 35.4 Å². The molecule has 1 aromatic carbocycles. The molecule has 0 saturated carbocycles. The molecule has 0 radical (unpaired) electrons. The van der Waals surface area contributed by atoms with Crippen LogP contribution in [-0.4, -0.2) is 16.7 Å². The summed E-state index contributed by atoms with van der Waals surface area (Å²) in [5, 5.41) is 10.4. The van der Waals surface area contributed by atoms with Crippen LogP contribution >= 0.6 is 0 Å². The fourth-order valence-electron chi connectivity index (χ4n) is 2.05. The van der Waals surface area contributed by atoms with Crippen LogP contribution in [0.2, 0.25) is 0 Å². The fourth-order valence-corrected chi connectivity index (χ4v) is 2.05. The van der Waals surface area contributed by atoms with E-state index in [9.17, 15) is 0 Å². The summed E-state index contributed by atoms with van der Waals surface area (Å²) in [7, 11) is 0. The van der Waals surface area contributed by atoms with Crippen molar-refractivity contribution in [3.63, 3.8) is 0 Å². The molecule has 0 saturated heterocycles. The van der Waals surface area contributed by atoms with Crippen molar-refractivity contribution in [2.75, 3.05) is 17.6 Å². The third kappa shape index (κ3) is 3.26. The second-order valence-corrected chi connectivity index (χ2v) is 4.68. The number of nitrogens with one attached hydrogen (secondary N) is 2. The zero-order chi connectivity index (χ0) is 13.0. The first-order valence-electron chi connectivity index (χ1n) is 6.25. The number of aromatic nitrogens is 2. The number of aryl methyl sites for hydroxylation is 3. The van der Waals surface area contributed by atoms with Gasteiger partial charge in [0.2, 0.25) is 0 Å². The summed E-state index contributed by atoms with van der Waals surface area (Å²) >= 11 is 0. The zero-order valence-corrected chi connectivity index (χ0v) is 11.0. The summed E-state index contributed by atoms with van der Waals surface area (Å²) in [5.74, 6) is 0. The maximum absolute atomic E-state index is 5.81. The van der Waals surface area contributed by atoms with E-state index in [1.54, 1.807) is 0 Å². The Morgan fingerprint density at radius 3 is 2.78 bits per heavy atom. The summed E-state index contributed by atoms with van der Waals surface area (Å²) < 4.78 is 0. The van der Waals surface area contributed by atoms with Crippen LogP contribution in [0.1, 0.15) is 23.2 Å². The molecule has 0 aliphatic rings. The molecule has 1 aromatic heterocycles. The average molecular weight is 244 g/mol. The van der Waals surface area contributed by atoms with Gasteiger partial charge >= 0.3 is 0 Å². The lowest BCUT2D eigenvalue weighted by molar-refractivity contribution is 0.857. The highest BCUT2D eigenvalue weighted by Gasteiger charge is 2.00. The lowest BCUT2D eigenvalue weighted by Gasteiger charge is -2.08. The van der Waals surface area contributed by atoms with Gasteiger partial charge in [-0.3, -0.25) is 5.10 Å². The Morgan fingerprint density at radius 1 is 1.28 bits per heavy atom. The van der Waals surface area contributed by atoms with E-state index in [1.165, 1.54) is 11.1 Å². The number of hydrogen-bond acceptors (Lipinski definition) is 3. The van der Waals surface area contributed by atoms with Gasteiger partial charge in [-0.2, -0.15) is 5.10 Å². The number of benzene rings is 1. The number of nitrogen functional groups attached to an aromatic ring is 1. The molecule has 18 heavy (non-hydrogen) atoms. The van der Waals surface area contributed by atoms with Gasteiger partial charge < -0.3 is 11.1 Å². The van der Waals surface area contributed by atoms with Crippen LogP contribution in [0.25, 0.3) is 0 Å². The van der Waals surface area contributed by atoms with Gasteiger partial charge in [0.25, 0.3) is 0 Å². The molecule has 0 atom stereocenters. The van der Waals surface area contributed by atoms with Crippen LogP contribution in [-0.2, 0) is 6.42 Å². The molecule has 0 spiro atoms.